The average molecular weight is 193 g/mol. The van der Waals surface area contributed by atoms with E-state index < -0.39 is 0 Å². The molecular formula is C10H11NOS. The van der Waals surface area contributed by atoms with Crippen LogP contribution in [-0.2, 0) is 6.61 Å². The number of aliphatic hydroxyl groups excluding tert-OH is 1. The zero-order chi connectivity index (χ0) is 9.26. The van der Waals surface area contributed by atoms with Crippen molar-refractivity contribution in [3.8, 4) is 0 Å². The summed E-state index contributed by atoms with van der Waals surface area (Å²) in [4.78, 5) is 4.34. The van der Waals surface area contributed by atoms with E-state index in [0.717, 1.165) is 16.1 Å². The van der Waals surface area contributed by atoms with E-state index in [1.54, 1.807) is 11.8 Å². The number of thioether (sulfide) groups is 1. The Hall–Kier alpha value is -0.930. The summed E-state index contributed by atoms with van der Waals surface area (Å²) in [5.74, 6) is 0. The van der Waals surface area contributed by atoms with Crippen molar-refractivity contribution in [2.24, 2.45) is 0 Å². The number of aromatic nitrogens is 1. The predicted octanol–water partition coefficient (Wildman–Crippen LogP) is 2.38. The van der Waals surface area contributed by atoms with Crippen LogP contribution < -0.4 is 0 Å². The molecule has 2 rings (SSSR count). The van der Waals surface area contributed by atoms with Crippen molar-refractivity contribution in [1.82, 2.24) is 4.98 Å². The van der Waals surface area contributed by atoms with Gasteiger partial charge in [0.15, 0.2) is 0 Å². The van der Waals surface area contributed by atoms with Gasteiger partial charge in [0.05, 0.1) is 12.3 Å². The minimum absolute atomic E-state index is 0.0743. The van der Waals surface area contributed by atoms with E-state index in [2.05, 4.69) is 11.1 Å². The van der Waals surface area contributed by atoms with Crippen molar-refractivity contribution >= 4 is 22.7 Å². The Morgan fingerprint density at radius 3 is 2.85 bits per heavy atom. The molecule has 0 spiro atoms. The number of nitrogens with one attached hydrogen (secondary N) is 1. The molecule has 0 saturated heterocycles. The lowest BCUT2D eigenvalue weighted by atomic mass is 10.2. The molecule has 0 radical (unpaired) electrons. The molecule has 0 aliphatic heterocycles. The molecular weight excluding hydrogens is 182 g/mol. The molecule has 0 atom stereocenters. The van der Waals surface area contributed by atoms with Gasteiger partial charge in [-0.25, -0.2) is 0 Å². The molecule has 1 aromatic heterocycles. The van der Waals surface area contributed by atoms with Crippen LogP contribution in [-0.4, -0.2) is 16.3 Å². The van der Waals surface area contributed by atoms with Crippen LogP contribution in [0.1, 0.15) is 5.69 Å². The second-order valence-electron chi connectivity index (χ2n) is 2.84. The maximum atomic E-state index is 9.11. The van der Waals surface area contributed by atoms with Gasteiger partial charge in [-0.3, -0.25) is 0 Å². The van der Waals surface area contributed by atoms with Gasteiger partial charge in [0, 0.05) is 15.8 Å². The minimum Gasteiger partial charge on any atom is -0.390 e. The Morgan fingerprint density at radius 1 is 1.38 bits per heavy atom. The fourth-order valence-electron chi connectivity index (χ4n) is 1.52. The first-order valence-corrected chi connectivity index (χ1v) is 5.33. The number of hydrogen-bond acceptors (Lipinski definition) is 2. The first-order chi connectivity index (χ1) is 6.36. The van der Waals surface area contributed by atoms with Crippen LogP contribution in [0.25, 0.3) is 10.9 Å². The van der Waals surface area contributed by atoms with Crippen LogP contribution in [0.4, 0.5) is 0 Å². The lowest BCUT2D eigenvalue weighted by molar-refractivity contribution is 0.275. The van der Waals surface area contributed by atoms with Crippen LogP contribution in [0.3, 0.4) is 0 Å². The fraction of sp³-hybridized carbons (Fsp3) is 0.200. The Bertz CT molecular complexity index is 422. The van der Waals surface area contributed by atoms with Crippen molar-refractivity contribution in [3.05, 3.63) is 30.0 Å². The molecule has 0 bridgehead atoms. The number of aromatic amines is 1. The Balaban J connectivity index is 2.73. The fourth-order valence-corrected chi connectivity index (χ4v) is 2.28. The van der Waals surface area contributed by atoms with Gasteiger partial charge in [0.25, 0.3) is 0 Å². The molecule has 2 aromatic rings. The van der Waals surface area contributed by atoms with Crippen molar-refractivity contribution < 1.29 is 5.11 Å². The molecule has 0 fully saturated rings. The summed E-state index contributed by atoms with van der Waals surface area (Å²) in [6.07, 6.45) is 2.02. The summed E-state index contributed by atoms with van der Waals surface area (Å²) in [5.41, 5.74) is 2.00. The zero-order valence-corrected chi connectivity index (χ0v) is 8.19. The van der Waals surface area contributed by atoms with Crippen LogP contribution in [0.5, 0.6) is 0 Å². The summed E-state index contributed by atoms with van der Waals surface area (Å²) in [7, 11) is 0. The van der Waals surface area contributed by atoms with Crippen LogP contribution in [0, 0.1) is 0 Å². The van der Waals surface area contributed by atoms with E-state index in [1.807, 2.05) is 24.5 Å². The number of benzene rings is 1. The van der Waals surface area contributed by atoms with Crippen LogP contribution in [0.2, 0.25) is 0 Å². The second kappa shape index (κ2) is 3.44. The minimum atomic E-state index is 0.0743. The number of rotatable bonds is 2. The van der Waals surface area contributed by atoms with Gasteiger partial charge in [-0.05, 0) is 12.3 Å². The van der Waals surface area contributed by atoms with Gasteiger partial charge in [-0.2, -0.15) is 0 Å². The van der Waals surface area contributed by atoms with Gasteiger partial charge in [0.1, 0.15) is 0 Å². The number of H-pyrrole nitrogens is 1. The third-order valence-corrected chi connectivity index (χ3v) is 2.97. The molecule has 0 amide bonds. The van der Waals surface area contributed by atoms with Gasteiger partial charge < -0.3 is 10.1 Å². The van der Waals surface area contributed by atoms with Gasteiger partial charge in [-0.15, -0.1) is 11.8 Å². The molecule has 68 valence electrons. The third-order valence-electron chi connectivity index (χ3n) is 2.09. The molecule has 0 saturated carbocycles. The number of aliphatic hydroxyl groups is 1. The van der Waals surface area contributed by atoms with Crippen molar-refractivity contribution in [3.63, 3.8) is 0 Å². The maximum Gasteiger partial charge on any atom is 0.0842 e. The van der Waals surface area contributed by atoms with E-state index in [1.165, 1.54) is 5.39 Å². The first kappa shape index (κ1) is 8.66. The molecule has 0 aliphatic rings. The summed E-state index contributed by atoms with van der Waals surface area (Å²) in [5, 5.41) is 10.3. The predicted molar refractivity (Wildman–Crippen MR) is 56.0 cm³/mol. The average Bonchev–Trinajstić information content (AvgIpc) is 2.55. The largest absolute Gasteiger partial charge is 0.390 e. The highest BCUT2D eigenvalue weighted by Crippen LogP contribution is 2.29. The number of fused-ring (bicyclic) bond motifs is 1. The Labute approximate surface area is 81.0 Å². The molecule has 2 N–H and O–H groups in total. The van der Waals surface area contributed by atoms with Crippen molar-refractivity contribution in [2.45, 2.75) is 11.5 Å². The highest BCUT2D eigenvalue weighted by Gasteiger charge is 2.07. The van der Waals surface area contributed by atoms with Gasteiger partial charge >= 0.3 is 0 Å². The van der Waals surface area contributed by atoms with E-state index in [-0.39, 0.29) is 6.61 Å². The van der Waals surface area contributed by atoms with E-state index >= 15 is 0 Å². The van der Waals surface area contributed by atoms with Gasteiger partial charge in [0.2, 0.25) is 0 Å². The molecule has 1 aromatic carbocycles. The lowest BCUT2D eigenvalue weighted by Gasteiger charge is -1.95. The standard InChI is InChI=1S/C10H11NOS/c1-13-10-7-4-2-3-5-8(7)11-9(10)6-12/h2-5,11-12H,6H2,1H3. The highest BCUT2D eigenvalue weighted by molar-refractivity contribution is 7.98. The van der Waals surface area contributed by atoms with Gasteiger partial charge in [-0.1, -0.05) is 18.2 Å². The Morgan fingerprint density at radius 2 is 2.15 bits per heavy atom. The molecule has 2 nitrogen and oxygen atoms in total. The van der Waals surface area contributed by atoms with Crippen LogP contribution >= 0.6 is 11.8 Å². The van der Waals surface area contributed by atoms with E-state index in [9.17, 15) is 0 Å². The first-order valence-electron chi connectivity index (χ1n) is 4.11. The maximum absolute atomic E-state index is 9.11. The number of para-hydroxylation sites is 1. The zero-order valence-electron chi connectivity index (χ0n) is 7.37. The van der Waals surface area contributed by atoms with E-state index in [0.29, 0.717) is 0 Å². The van der Waals surface area contributed by atoms with E-state index in [4.69, 9.17) is 5.11 Å². The SMILES string of the molecule is CSc1c(CO)[nH]c2ccccc12. The molecule has 1 heterocycles. The number of hydrogen-bond donors (Lipinski definition) is 2. The lowest BCUT2D eigenvalue weighted by Crippen LogP contribution is -1.83. The Kier molecular flexibility index (Phi) is 2.29. The molecule has 3 heteroatoms. The summed E-state index contributed by atoms with van der Waals surface area (Å²) in [6.45, 7) is 0.0743. The summed E-state index contributed by atoms with van der Waals surface area (Å²) < 4.78 is 0. The molecule has 13 heavy (non-hydrogen) atoms. The summed E-state index contributed by atoms with van der Waals surface area (Å²) >= 11 is 1.66. The topological polar surface area (TPSA) is 36.0 Å². The normalized spacial score (nSPS) is 10.9. The third kappa shape index (κ3) is 1.34. The highest BCUT2D eigenvalue weighted by atomic mass is 32.2. The smallest absolute Gasteiger partial charge is 0.0842 e. The quantitative estimate of drug-likeness (QED) is 0.718. The van der Waals surface area contributed by atoms with Crippen molar-refractivity contribution in [1.29, 1.82) is 0 Å². The summed E-state index contributed by atoms with van der Waals surface area (Å²) in [6, 6.07) is 8.09. The molecule has 0 unspecified atom stereocenters. The monoisotopic (exact) mass is 193 g/mol. The van der Waals surface area contributed by atoms with Crippen molar-refractivity contribution in [2.75, 3.05) is 6.26 Å². The molecule has 0 aliphatic carbocycles. The van der Waals surface area contributed by atoms with Crippen LogP contribution in [0.15, 0.2) is 29.2 Å². The second-order valence-corrected chi connectivity index (χ2v) is 3.66.